The molecular formula is C14H24ClO2. The molecule has 17 heavy (non-hydrogen) atoms. The summed E-state index contributed by atoms with van der Waals surface area (Å²) in [5, 5.41) is -0.0459. The van der Waals surface area contributed by atoms with Gasteiger partial charge in [0, 0.05) is 0 Å². The minimum Gasteiger partial charge on any atom is -0.461 e. The van der Waals surface area contributed by atoms with Crippen LogP contribution >= 0.6 is 11.6 Å². The van der Waals surface area contributed by atoms with Crippen LogP contribution < -0.4 is 0 Å². The first kappa shape index (κ1) is 16.5. The summed E-state index contributed by atoms with van der Waals surface area (Å²) in [5.41, 5.74) is 0. The first-order valence-corrected chi connectivity index (χ1v) is 6.87. The second kappa shape index (κ2) is 12.0. The third-order valence-corrected chi connectivity index (χ3v) is 2.75. The lowest BCUT2D eigenvalue weighted by atomic mass is 10.1. The predicted octanol–water partition coefficient (Wildman–Crippen LogP) is 4.63. The summed E-state index contributed by atoms with van der Waals surface area (Å²) in [6.45, 7) is 7.58. The first-order valence-electron chi connectivity index (χ1n) is 6.49. The molecule has 0 aliphatic rings. The van der Waals surface area contributed by atoms with E-state index in [4.69, 9.17) is 16.3 Å². The van der Waals surface area contributed by atoms with E-state index < -0.39 is 5.97 Å². The van der Waals surface area contributed by atoms with Crippen LogP contribution in [0.15, 0.2) is 11.6 Å². The lowest BCUT2D eigenvalue weighted by Crippen LogP contribution is -2.04. The van der Waals surface area contributed by atoms with E-state index >= 15 is 0 Å². The summed E-state index contributed by atoms with van der Waals surface area (Å²) in [7, 11) is 0. The molecule has 0 spiro atoms. The van der Waals surface area contributed by atoms with E-state index in [1.807, 2.05) is 0 Å². The van der Waals surface area contributed by atoms with Crippen molar-refractivity contribution in [3.05, 3.63) is 18.5 Å². The van der Waals surface area contributed by atoms with Crippen LogP contribution in [0.2, 0.25) is 0 Å². The van der Waals surface area contributed by atoms with Crippen LogP contribution in [0.25, 0.3) is 0 Å². The molecule has 0 rings (SSSR count). The summed E-state index contributed by atoms with van der Waals surface area (Å²) >= 11 is 5.38. The number of carbonyl (C=O) groups excluding carboxylic acids is 1. The number of carbonyl (C=O) groups is 1. The van der Waals surface area contributed by atoms with Gasteiger partial charge in [-0.15, -0.1) is 0 Å². The van der Waals surface area contributed by atoms with Crippen molar-refractivity contribution >= 4 is 17.6 Å². The van der Waals surface area contributed by atoms with Crippen LogP contribution in [0.4, 0.5) is 0 Å². The molecular weight excluding hydrogens is 236 g/mol. The number of hydrogen-bond donors (Lipinski definition) is 0. The highest BCUT2D eigenvalue weighted by Crippen LogP contribution is 2.09. The third-order valence-electron chi connectivity index (χ3n) is 2.60. The van der Waals surface area contributed by atoms with Gasteiger partial charge < -0.3 is 4.74 Å². The summed E-state index contributed by atoms with van der Waals surface area (Å²) in [6, 6.07) is 0. The van der Waals surface area contributed by atoms with Crippen molar-refractivity contribution in [2.24, 2.45) is 0 Å². The highest BCUT2D eigenvalue weighted by Gasteiger charge is 2.03. The number of rotatable bonds is 11. The van der Waals surface area contributed by atoms with Crippen molar-refractivity contribution in [1.29, 1.82) is 0 Å². The average molecular weight is 260 g/mol. The van der Waals surface area contributed by atoms with E-state index in [0.29, 0.717) is 6.61 Å². The Kier molecular flexibility index (Phi) is 11.6. The van der Waals surface area contributed by atoms with Crippen molar-refractivity contribution in [1.82, 2.24) is 0 Å². The molecule has 0 amide bonds. The fourth-order valence-corrected chi connectivity index (χ4v) is 1.64. The van der Waals surface area contributed by atoms with Gasteiger partial charge in [0.05, 0.1) is 6.61 Å². The topological polar surface area (TPSA) is 26.3 Å². The Labute approximate surface area is 110 Å². The average Bonchev–Trinajstić information content (AvgIpc) is 2.31. The molecule has 0 N–H and O–H groups in total. The molecule has 0 aliphatic carbocycles. The summed E-state index contributed by atoms with van der Waals surface area (Å²) in [5.74, 6) is -0.500. The van der Waals surface area contributed by atoms with Gasteiger partial charge in [-0.2, -0.15) is 0 Å². The fourth-order valence-electron chi connectivity index (χ4n) is 1.58. The van der Waals surface area contributed by atoms with Crippen LogP contribution in [0, 0.1) is 6.92 Å². The number of hydrogen-bond acceptors (Lipinski definition) is 2. The molecule has 99 valence electrons. The first-order chi connectivity index (χ1) is 8.18. The lowest BCUT2D eigenvalue weighted by Gasteiger charge is -2.03. The molecule has 0 atom stereocenters. The molecule has 0 aromatic rings. The predicted molar refractivity (Wildman–Crippen MR) is 72.9 cm³/mol. The van der Waals surface area contributed by atoms with E-state index in [-0.39, 0.29) is 5.03 Å². The number of halogens is 1. The molecule has 0 fully saturated rings. The number of ether oxygens (including phenoxy) is 1. The van der Waals surface area contributed by atoms with Crippen LogP contribution in [0.3, 0.4) is 0 Å². The second-order valence-corrected chi connectivity index (χ2v) is 4.68. The fraction of sp³-hybridized carbons (Fsp3) is 0.714. The maximum atomic E-state index is 10.9. The lowest BCUT2D eigenvalue weighted by molar-refractivity contribution is -0.138. The van der Waals surface area contributed by atoms with E-state index in [9.17, 15) is 4.79 Å². The Bertz CT molecular complexity index is 214. The van der Waals surface area contributed by atoms with Gasteiger partial charge in [0.1, 0.15) is 5.03 Å². The minimum atomic E-state index is -0.500. The van der Waals surface area contributed by atoms with E-state index in [0.717, 1.165) is 19.3 Å². The van der Waals surface area contributed by atoms with Gasteiger partial charge in [0.15, 0.2) is 0 Å². The van der Waals surface area contributed by atoms with Crippen molar-refractivity contribution in [2.75, 3.05) is 6.61 Å². The van der Waals surface area contributed by atoms with Crippen molar-refractivity contribution in [3.8, 4) is 0 Å². The van der Waals surface area contributed by atoms with Gasteiger partial charge in [-0.1, -0.05) is 76.5 Å². The highest BCUT2D eigenvalue weighted by atomic mass is 35.5. The highest BCUT2D eigenvalue weighted by molar-refractivity contribution is 6.40. The normalized spacial score (nSPS) is 10.2. The largest absolute Gasteiger partial charge is 0.461 e. The molecule has 0 aromatic heterocycles. The number of unbranched alkanes of at least 4 members (excludes halogenated alkanes) is 8. The Morgan fingerprint density at radius 1 is 0.941 bits per heavy atom. The van der Waals surface area contributed by atoms with E-state index in [1.165, 1.54) is 38.5 Å². The summed E-state index contributed by atoms with van der Waals surface area (Å²) in [6.07, 6.45) is 10.7. The second-order valence-electron chi connectivity index (χ2n) is 4.22. The molecule has 2 nitrogen and oxygen atoms in total. The summed E-state index contributed by atoms with van der Waals surface area (Å²) in [4.78, 5) is 10.9. The third kappa shape index (κ3) is 11.8. The van der Waals surface area contributed by atoms with Gasteiger partial charge in [-0.25, -0.2) is 4.79 Å². The zero-order valence-corrected chi connectivity index (χ0v) is 11.4. The monoisotopic (exact) mass is 259 g/mol. The van der Waals surface area contributed by atoms with E-state index in [2.05, 4.69) is 13.5 Å². The summed E-state index contributed by atoms with van der Waals surface area (Å²) < 4.78 is 4.89. The molecule has 3 heteroatoms. The van der Waals surface area contributed by atoms with Gasteiger partial charge in [0.25, 0.3) is 0 Å². The van der Waals surface area contributed by atoms with Crippen LogP contribution in [-0.2, 0) is 9.53 Å². The zero-order chi connectivity index (χ0) is 12.9. The smallest absolute Gasteiger partial charge is 0.349 e. The Balaban J connectivity index is 3.08. The Hall–Kier alpha value is -0.500. The van der Waals surface area contributed by atoms with E-state index in [1.54, 1.807) is 0 Å². The van der Waals surface area contributed by atoms with Crippen molar-refractivity contribution in [3.63, 3.8) is 0 Å². The minimum absolute atomic E-state index is 0.0459. The van der Waals surface area contributed by atoms with Gasteiger partial charge in [-0.05, 0) is 6.42 Å². The molecule has 0 saturated carbocycles. The maximum absolute atomic E-state index is 10.9. The quantitative estimate of drug-likeness (QED) is 0.307. The van der Waals surface area contributed by atoms with Crippen LogP contribution in [-0.4, -0.2) is 12.6 Å². The van der Waals surface area contributed by atoms with Gasteiger partial charge in [0.2, 0.25) is 0 Å². The van der Waals surface area contributed by atoms with Crippen LogP contribution in [0.1, 0.15) is 57.8 Å². The van der Waals surface area contributed by atoms with Crippen molar-refractivity contribution in [2.45, 2.75) is 57.8 Å². The maximum Gasteiger partial charge on any atom is 0.349 e. The Morgan fingerprint density at radius 2 is 1.41 bits per heavy atom. The zero-order valence-electron chi connectivity index (χ0n) is 10.7. The molecule has 0 heterocycles. The molecule has 1 radical (unpaired) electrons. The molecule has 0 aromatic carbocycles. The van der Waals surface area contributed by atoms with Crippen LogP contribution in [0.5, 0.6) is 0 Å². The van der Waals surface area contributed by atoms with Gasteiger partial charge in [-0.3, -0.25) is 0 Å². The molecule has 0 bridgehead atoms. The SMILES string of the molecule is [CH2]CCCCCCCCCCOC(=O)C(=C)Cl. The number of esters is 1. The van der Waals surface area contributed by atoms with Gasteiger partial charge >= 0.3 is 5.97 Å². The van der Waals surface area contributed by atoms with Crippen molar-refractivity contribution < 1.29 is 9.53 Å². The Morgan fingerprint density at radius 3 is 1.88 bits per heavy atom. The molecule has 0 unspecified atom stereocenters. The molecule has 0 aliphatic heterocycles. The standard InChI is InChI=1S/C14H24ClO2/c1-3-4-5-6-7-8-9-10-11-12-17-14(16)13(2)15/h1-12H2. The molecule has 0 saturated heterocycles.